The lowest BCUT2D eigenvalue weighted by Gasteiger charge is -2.44. The van der Waals surface area contributed by atoms with Crippen molar-refractivity contribution in [3.8, 4) is 5.75 Å². The van der Waals surface area contributed by atoms with Crippen LogP contribution in [-0.2, 0) is 10.0 Å². The van der Waals surface area contributed by atoms with Crippen LogP contribution in [0.15, 0.2) is 48.7 Å². The van der Waals surface area contributed by atoms with Gasteiger partial charge < -0.3 is 25.6 Å². The molecule has 42 heavy (non-hydrogen) atoms. The molecule has 0 radical (unpaired) electrons. The zero-order valence-corrected chi connectivity index (χ0v) is 26.0. The lowest BCUT2D eigenvalue weighted by atomic mass is 9.99. The third-order valence-corrected chi connectivity index (χ3v) is 8.45. The van der Waals surface area contributed by atoms with E-state index in [9.17, 15) is 8.42 Å². The molecule has 0 saturated carbocycles. The summed E-state index contributed by atoms with van der Waals surface area (Å²) in [6.45, 7) is 8.75. The molecule has 2 fully saturated rings. The zero-order chi connectivity index (χ0) is 29.9. The van der Waals surface area contributed by atoms with Crippen molar-refractivity contribution in [1.82, 2.24) is 20.2 Å². The maximum Gasteiger partial charge on any atom is 0.229 e. The summed E-state index contributed by atoms with van der Waals surface area (Å²) >= 11 is 6.38. The number of halogens is 1. The molecule has 226 valence electrons. The van der Waals surface area contributed by atoms with Gasteiger partial charge in [-0.2, -0.15) is 4.98 Å². The summed E-state index contributed by atoms with van der Waals surface area (Å²) in [5, 5.41) is 10.3. The van der Waals surface area contributed by atoms with Gasteiger partial charge in [0.1, 0.15) is 10.8 Å². The number of hydrogen-bond acceptors (Lipinski definition) is 10. The van der Waals surface area contributed by atoms with Crippen molar-refractivity contribution in [3.05, 3.63) is 53.7 Å². The molecule has 2 atom stereocenters. The van der Waals surface area contributed by atoms with E-state index in [1.807, 2.05) is 12.1 Å². The summed E-state index contributed by atoms with van der Waals surface area (Å²) in [6.07, 6.45) is 4.85. The molecule has 0 aliphatic carbocycles. The van der Waals surface area contributed by atoms with Gasteiger partial charge in [0.2, 0.25) is 16.0 Å². The van der Waals surface area contributed by atoms with Crippen molar-refractivity contribution in [2.45, 2.75) is 44.8 Å². The molecule has 5 rings (SSSR count). The molecule has 3 aromatic rings. The average molecular weight is 615 g/mol. The van der Waals surface area contributed by atoms with Crippen LogP contribution in [0.5, 0.6) is 5.75 Å². The number of nitrogens with zero attached hydrogens (tertiary/aromatic N) is 4. The molecule has 11 nitrogen and oxygen atoms in total. The lowest BCUT2D eigenvalue weighted by molar-refractivity contribution is 0.107. The number of methoxy groups -OCH3 is 1. The third-order valence-electron chi connectivity index (χ3n) is 7.58. The second kappa shape index (κ2) is 12.9. The summed E-state index contributed by atoms with van der Waals surface area (Å²) in [4.78, 5) is 13.9. The lowest BCUT2D eigenvalue weighted by Crippen LogP contribution is -2.58. The number of nitrogens with one attached hydrogen (secondary N) is 4. The minimum Gasteiger partial charge on any atom is -0.494 e. The Morgan fingerprint density at radius 2 is 1.69 bits per heavy atom. The van der Waals surface area contributed by atoms with Gasteiger partial charge in [-0.1, -0.05) is 23.7 Å². The van der Waals surface area contributed by atoms with Crippen molar-refractivity contribution in [2.75, 3.05) is 59.8 Å². The van der Waals surface area contributed by atoms with Gasteiger partial charge in [-0.3, -0.25) is 9.62 Å². The number of ether oxygens (including phenoxy) is 1. The van der Waals surface area contributed by atoms with Crippen LogP contribution in [0.3, 0.4) is 0 Å². The summed E-state index contributed by atoms with van der Waals surface area (Å²) in [7, 11) is -1.83. The van der Waals surface area contributed by atoms with Gasteiger partial charge in [0, 0.05) is 56.1 Å². The maximum absolute atomic E-state index is 11.8. The van der Waals surface area contributed by atoms with Crippen LogP contribution in [-0.4, -0.2) is 81.0 Å². The topological polar surface area (TPSA) is 124 Å². The Morgan fingerprint density at radius 3 is 2.36 bits per heavy atom. The summed E-state index contributed by atoms with van der Waals surface area (Å²) in [5.74, 6) is 1.31. The monoisotopic (exact) mass is 614 g/mol. The fourth-order valence-corrected chi connectivity index (χ4v) is 6.50. The highest BCUT2D eigenvalue weighted by atomic mass is 35.5. The molecule has 0 amide bonds. The number of aromatic nitrogens is 2. The molecule has 2 aliphatic rings. The van der Waals surface area contributed by atoms with Crippen molar-refractivity contribution >= 4 is 56.1 Å². The Bertz CT molecular complexity index is 1490. The van der Waals surface area contributed by atoms with Gasteiger partial charge in [-0.25, -0.2) is 13.4 Å². The molecule has 0 unspecified atom stereocenters. The number of hydrogen-bond donors (Lipinski definition) is 4. The van der Waals surface area contributed by atoms with E-state index >= 15 is 0 Å². The minimum absolute atomic E-state index is 0.283. The molecule has 1 aromatic heterocycles. The molecule has 13 heteroatoms. The van der Waals surface area contributed by atoms with E-state index in [1.54, 1.807) is 31.4 Å². The number of piperidine rings is 1. The van der Waals surface area contributed by atoms with Gasteiger partial charge >= 0.3 is 0 Å². The number of anilines is 6. The Hall–Kier alpha value is -3.32. The van der Waals surface area contributed by atoms with Crippen molar-refractivity contribution in [3.63, 3.8) is 0 Å². The quantitative estimate of drug-likeness (QED) is 0.271. The van der Waals surface area contributed by atoms with Gasteiger partial charge in [-0.15, -0.1) is 0 Å². The van der Waals surface area contributed by atoms with Crippen LogP contribution in [0, 0.1) is 0 Å². The molecule has 2 aromatic carbocycles. The van der Waals surface area contributed by atoms with E-state index in [-0.39, 0.29) is 5.02 Å². The first-order valence-corrected chi connectivity index (χ1v) is 16.4. The first-order valence-electron chi connectivity index (χ1n) is 14.1. The molecule has 2 saturated heterocycles. The number of para-hydroxylation sites is 2. The maximum atomic E-state index is 11.8. The average Bonchev–Trinajstić information content (AvgIpc) is 2.95. The molecule has 4 N–H and O–H groups in total. The predicted octanol–water partition coefficient (Wildman–Crippen LogP) is 4.65. The standard InChI is InChI=1S/C29H39ClN8O3S/c1-19-17-38(18-20(2)32-19)21-11-13-37(14-12-21)22-9-10-26(27(15-22)41-3)34-29-31-16-23(30)28(35-29)33-24-7-5-6-8-25(24)36-42(4,39)40/h5-10,15-16,19-21,32,36H,11-14,17-18H2,1-4H3,(H2,31,33,34,35)/t19-,20+. The second-order valence-electron chi connectivity index (χ2n) is 11.1. The summed E-state index contributed by atoms with van der Waals surface area (Å²) in [6, 6.07) is 14.7. The number of rotatable bonds is 9. The Labute approximate surface area is 253 Å². The number of piperazine rings is 1. The Morgan fingerprint density at radius 1 is 1.00 bits per heavy atom. The van der Waals surface area contributed by atoms with Crippen LogP contribution in [0.25, 0.3) is 0 Å². The van der Waals surface area contributed by atoms with E-state index in [0.717, 1.165) is 51.0 Å². The highest BCUT2D eigenvalue weighted by Crippen LogP contribution is 2.34. The van der Waals surface area contributed by atoms with E-state index in [4.69, 9.17) is 16.3 Å². The third kappa shape index (κ3) is 7.54. The zero-order valence-electron chi connectivity index (χ0n) is 24.4. The minimum atomic E-state index is -3.47. The first-order chi connectivity index (χ1) is 20.1. The normalized spacial score (nSPS) is 20.3. The fraction of sp³-hybridized carbons (Fsp3) is 0.448. The van der Waals surface area contributed by atoms with E-state index in [2.05, 4.69) is 60.4 Å². The van der Waals surface area contributed by atoms with Crippen LogP contribution < -0.4 is 30.3 Å². The fourth-order valence-electron chi connectivity index (χ4n) is 5.78. The molecular formula is C29H39ClN8O3S. The van der Waals surface area contributed by atoms with E-state index in [0.29, 0.717) is 52.7 Å². The highest BCUT2D eigenvalue weighted by molar-refractivity contribution is 7.92. The molecular weight excluding hydrogens is 576 g/mol. The molecule has 3 heterocycles. The predicted molar refractivity (Wildman–Crippen MR) is 170 cm³/mol. The summed E-state index contributed by atoms with van der Waals surface area (Å²) < 4.78 is 31.8. The van der Waals surface area contributed by atoms with E-state index in [1.165, 1.54) is 6.20 Å². The Balaban J connectivity index is 1.26. The molecule has 0 bridgehead atoms. The van der Waals surface area contributed by atoms with E-state index < -0.39 is 10.0 Å². The van der Waals surface area contributed by atoms with Crippen molar-refractivity contribution in [2.24, 2.45) is 0 Å². The SMILES string of the molecule is COc1cc(N2CCC(N3C[C@@H](C)N[C@@H](C)C3)CC2)ccc1Nc1ncc(Cl)c(Nc2ccccc2NS(C)(=O)=O)n1. The Kier molecular flexibility index (Phi) is 9.26. The van der Waals surface area contributed by atoms with Crippen LogP contribution in [0.4, 0.5) is 34.5 Å². The number of benzene rings is 2. The number of sulfonamides is 1. The van der Waals surface area contributed by atoms with Gasteiger partial charge in [-0.05, 0) is 51.0 Å². The van der Waals surface area contributed by atoms with Gasteiger partial charge in [0.05, 0.1) is 36.6 Å². The smallest absolute Gasteiger partial charge is 0.229 e. The van der Waals surface area contributed by atoms with Crippen LogP contribution in [0.1, 0.15) is 26.7 Å². The molecule has 0 spiro atoms. The van der Waals surface area contributed by atoms with Crippen molar-refractivity contribution in [1.29, 1.82) is 0 Å². The van der Waals surface area contributed by atoms with Crippen molar-refractivity contribution < 1.29 is 13.2 Å². The highest BCUT2D eigenvalue weighted by Gasteiger charge is 2.30. The summed E-state index contributed by atoms with van der Waals surface area (Å²) in [5.41, 5.74) is 2.71. The van der Waals surface area contributed by atoms with Crippen LogP contribution >= 0.6 is 11.6 Å². The largest absolute Gasteiger partial charge is 0.494 e. The first kappa shape index (κ1) is 30.1. The molecule has 2 aliphatic heterocycles. The van der Waals surface area contributed by atoms with Gasteiger partial charge in [0.15, 0.2) is 5.82 Å². The second-order valence-corrected chi connectivity index (χ2v) is 13.2. The van der Waals surface area contributed by atoms with Gasteiger partial charge in [0.25, 0.3) is 0 Å². The van der Waals surface area contributed by atoms with Crippen LogP contribution in [0.2, 0.25) is 5.02 Å².